The molecule has 17 heavy (non-hydrogen) atoms. The molecule has 1 N–H and O–H groups in total. The van der Waals surface area contributed by atoms with Crippen LogP contribution in [0.3, 0.4) is 0 Å². The summed E-state index contributed by atoms with van der Waals surface area (Å²) in [5.74, 6) is 0.537. The number of allylic oxidation sites excluding steroid dienone is 2. The lowest BCUT2D eigenvalue weighted by atomic mass is 9.61. The van der Waals surface area contributed by atoms with Gasteiger partial charge in [-0.1, -0.05) is 17.7 Å². The molecule has 2 rings (SSSR count). The molecule has 0 unspecified atom stereocenters. The Hall–Kier alpha value is -0.890. The van der Waals surface area contributed by atoms with E-state index in [-0.39, 0.29) is 17.6 Å². The highest BCUT2D eigenvalue weighted by Crippen LogP contribution is 2.57. The molecule has 0 aliphatic heterocycles. The molecular formula is C15H22O2. The Kier molecular flexibility index (Phi) is 2.81. The summed E-state index contributed by atoms with van der Waals surface area (Å²) in [6, 6.07) is 0. The van der Waals surface area contributed by atoms with Crippen LogP contribution in [0.4, 0.5) is 0 Å². The summed E-state index contributed by atoms with van der Waals surface area (Å²) < 4.78 is 0. The molecule has 3 atom stereocenters. The first-order valence-electron chi connectivity index (χ1n) is 6.38. The Balaban J connectivity index is 2.39. The van der Waals surface area contributed by atoms with Crippen LogP contribution in [0.1, 0.15) is 46.5 Å². The summed E-state index contributed by atoms with van der Waals surface area (Å²) in [4.78, 5) is 11.6. The van der Waals surface area contributed by atoms with E-state index in [0.29, 0.717) is 5.92 Å². The van der Waals surface area contributed by atoms with Gasteiger partial charge in [-0.25, -0.2) is 0 Å². The van der Waals surface area contributed by atoms with Crippen molar-refractivity contribution in [1.82, 2.24) is 0 Å². The minimum atomic E-state index is -0.896. The van der Waals surface area contributed by atoms with Gasteiger partial charge in [0.2, 0.25) is 0 Å². The Morgan fingerprint density at radius 1 is 1.59 bits per heavy atom. The van der Waals surface area contributed by atoms with Crippen LogP contribution in [-0.4, -0.2) is 16.5 Å². The number of carbonyl (C=O) groups is 1. The van der Waals surface area contributed by atoms with Crippen LogP contribution in [0, 0.1) is 11.3 Å². The topological polar surface area (TPSA) is 37.3 Å². The van der Waals surface area contributed by atoms with Crippen molar-refractivity contribution in [2.75, 3.05) is 0 Å². The molecule has 2 aliphatic rings. The van der Waals surface area contributed by atoms with E-state index in [0.717, 1.165) is 24.8 Å². The summed E-state index contributed by atoms with van der Waals surface area (Å²) in [6.45, 7) is 9.91. The zero-order chi connectivity index (χ0) is 12.8. The Morgan fingerprint density at radius 3 is 2.71 bits per heavy atom. The second-order valence-corrected chi connectivity index (χ2v) is 6.11. The van der Waals surface area contributed by atoms with Gasteiger partial charge in [0.25, 0.3) is 0 Å². The second-order valence-electron chi connectivity index (χ2n) is 6.11. The van der Waals surface area contributed by atoms with Crippen molar-refractivity contribution in [3.8, 4) is 0 Å². The first-order valence-corrected chi connectivity index (χ1v) is 6.38. The first-order chi connectivity index (χ1) is 7.78. The molecule has 0 heterocycles. The van der Waals surface area contributed by atoms with E-state index in [1.165, 1.54) is 5.57 Å². The smallest absolute Gasteiger partial charge is 0.158 e. The van der Waals surface area contributed by atoms with Crippen LogP contribution in [0.2, 0.25) is 0 Å². The summed E-state index contributed by atoms with van der Waals surface area (Å²) in [5, 5.41) is 10.7. The van der Waals surface area contributed by atoms with Gasteiger partial charge in [-0.2, -0.15) is 0 Å². The molecule has 94 valence electrons. The highest BCUT2D eigenvalue weighted by molar-refractivity contribution is 5.92. The third-order valence-electron chi connectivity index (χ3n) is 4.89. The van der Waals surface area contributed by atoms with Crippen molar-refractivity contribution in [2.45, 2.75) is 52.1 Å². The molecule has 2 heteroatoms. The molecule has 0 radical (unpaired) electrons. The highest BCUT2D eigenvalue weighted by Gasteiger charge is 2.54. The summed E-state index contributed by atoms with van der Waals surface area (Å²) in [7, 11) is 0. The highest BCUT2D eigenvalue weighted by atomic mass is 16.3. The van der Waals surface area contributed by atoms with E-state index in [1.54, 1.807) is 6.08 Å². The second kappa shape index (κ2) is 3.81. The van der Waals surface area contributed by atoms with E-state index in [1.807, 2.05) is 13.8 Å². The van der Waals surface area contributed by atoms with Crippen LogP contribution in [-0.2, 0) is 4.79 Å². The molecule has 1 spiro atoms. The van der Waals surface area contributed by atoms with Crippen LogP contribution in [0.15, 0.2) is 23.8 Å². The van der Waals surface area contributed by atoms with Gasteiger partial charge in [-0.3, -0.25) is 4.79 Å². The van der Waals surface area contributed by atoms with Gasteiger partial charge in [0.05, 0.1) is 5.60 Å². The minimum Gasteiger partial charge on any atom is -0.389 e. The molecule has 0 saturated heterocycles. The Bertz CT molecular complexity index is 403. The van der Waals surface area contributed by atoms with Gasteiger partial charge < -0.3 is 5.11 Å². The first kappa shape index (κ1) is 12.6. The van der Waals surface area contributed by atoms with E-state index in [4.69, 9.17) is 0 Å². The lowest BCUT2D eigenvalue weighted by Crippen LogP contribution is -2.49. The average molecular weight is 234 g/mol. The van der Waals surface area contributed by atoms with E-state index < -0.39 is 5.60 Å². The number of ketones is 1. The third kappa shape index (κ3) is 1.79. The predicted molar refractivity (Wildman–Crippen MR) is 68.6 cm³/mol. The molecule has 0 aromatic heterocycles. The van der Waals surface area contributed by atoms with Crippen molar-refractivity contribution in [3.05, 3.63) is 23.8 Å². The van der Waals surface area contributed by atoms with Gasteiger partial charge in [-0.05, 0) is 52.0 Å². The maximum Gasteiger partial charge on any atom is 0.158 e. The molecule has 2 aliphatic carbocycles. The fourth-order valence-corrected chi connectivity index (χ4v) is 3.68. The molecule has 0 aromatic rings. The monoisotopic (exact) mass is 234 g/mol. The Morgan fingerprint density at radius 2 is 2.24 bits per heavy atom. The third-order valence-corrected chi connectivity index (χ3v) is 4.89. The molecule has 0 aromatic carbocycles. The number of rotatable bonds is 1. The van der Waals surface area contributed by atoms with Gasteiger partial charge in [0.1, 0.15) is 0 Å². The van der Waals surface area contributed by atoms with Crippen LogP contribution in [0.25, 0.3) is 0 Å². The quantitative estimate of drug-likeness (QED) is 0.708. The largest absolute Gasteiger partial charge is 0.389 e. The van der Waals surface area contributed by atoms with E-state index in [2.05, 4.69) is 13.5 Å². The molecule has 0 bridgehead atoms. The predicted octanol–water partition coefficient (Wildman–Crippen LogP) is 3.02. The summed E-state index contributed by atoms with van der Waals surface area (Å²) >= 11 is 0. The number of carbonyl (C=O) groups excluding carboxylic acids is 1. The number of hydrogen-bond donors (Lipinski definition) is 1. The van der Waals surface area contributed by atoms with Crippen LogP contribution >= 0.6 is 0 Å². The SMILES string of the molecule is C=C(C)[C@@H]1CC[C@@]2(C1)C(C)=CC(=O)C[C@]2(C)O. The summed E-state index contributed by atoms with van der Waals surface area (Å²) in [5.41, 5.74) is 1.15. The van der Waals surface area contributed by atoms with Crippen molar-refractivity contribution < 1.29 is 9.90 Å². The van der Waals surface area contributed by atoms with Crippen LogP contribution < -0.4 is 0 Å². The molecular weight excluding hydrogens is 212 g/mol. The molecule has 2 nitrogen and oxygen atoms in total. The molecule has 0 amide bonds. The lowest BCUT2D eigenvalue weighted by molar-refractivity contribution is -0.127. The zero-order valence-electron chi connectivity index (χ0n) is 11.0. The fraction of sp³-hybridized carbons (Fsp3) is 0.667. The van der Waals surface area contributed by atoms with Gasteiger partial charge in [-0.15, -0.1) is 0 Å². The number of aliphatic hydroxyl groups is 1. The number of hydrogen-bond acceptors (Lipinski definition) is 2. The standard InChI is InChI=1S/C15H22O2/c1-10(2)12-5-6-15(8-12)11(3)7-13(16)9-14(15,4)17/h7,12,17H,1,5-6,8-9H2,2-4H3/t12-,14+,15-/m1/s1. The van der Waals surface area contributed by atoms with Crippen LogP contribution in [0.5, 0.6) is 0 Å². The summed E-state index contributed by atoms with van der Waals surface area (Å²) in [6.07, 6.45) is 4.97. The maximum atomic E-state index is 11.6. The van der Waals surface area contributed by atoms with E-state index >= 15 is 0 Å². The maximum absolute atomic E-state index is 11.6. The van der Waals surface area contributed by atoms with Crippen molar-refractivity contribution in [2.24, 2.45) is 11.3 Å². The van der Waals surface area contributed by atoms with Crippen molar-refractivity contribution in [1.29, 1.82) is 0 Å². The Labute approximate surface area is 103 Å². The van der Waals surface area contributed by atoms with Crippen molar-refractivity contribution >= 4 is 5.78 Å². The molecule has 1 saturated carbocycles. The zero-order valence-corrected chi connectivity index (χ0v) is 11.0. The fourth-order valence-electron chi connectivity index (χ4n) is 3.68. The molecule has 1 fully saturated rings. The van der Waals surface area contributed by atoms with E-state index in [9.17, 15) is 9.90 Å². The van der Waals surface area contributed by atoms with Gasteiger partial charge >= 0.3 is 0 Å². The van der Waals surface area contributed by atoms with Gasteiger partial charge in [0.15, 0.2) is 5.78 Å². The normalized spacial score (nSPS) is 41.8. The average Bonchev–Trinajstić information content (AvgIpc) is 2.60. The van der Waals surface area contributed by atoms with Gasteiger partial charge in [0, 0.05) is 11.8 Å². The van der Waals surface area contributed by atoms with Crippen molar-refractivity contribution in [3.63, 3.8) is 0 Å². The lowest BCUT2D eigenvalue weighted by Gasteiger charge is -2.46. The minimum absolute atomic E-state index is 0.0527.